The van der Waals surface area contributed by atoms with Crippen LogP contribution in [0, 0.1) is 0 Å². The van der Waals surface area contributed by atoms with E-state index in [1.165, 1.54) is 6.07 Å². The number of carbonyl (C=O) groups is 1. The topological polar surface area (TPSA) is 84.8 Å². The minimum Gasteiger partial charge on any atom is -0.476 e. The van der Waals surface area contributed by atoms with Crippen LogP contribution in [0.15, 0.2) is 12.1 Å². The van der Waals surface area contributed by atoms with Crippen molar-refractivity contribution in [3.8, 4) is 0 Å². The highest BCUT2D eigenvalue weighted by Crippen LogP contribution is 2.10. The van der Waals surface area contributed by atoms with Gasteiger partial charge in [-0.2, -0.15) is 0 Å². The van der Waals surface area contributed by atoms with Gasteiger partial charge in [-0.1, -0.05) is 0 Å². The maximum Gasteiger partial charge on any atom is 0.356 e. The van der Waals surface area contributed by atoms with Crippen molar-refractivity contribution >= 4 is 11.8 Å². The molecule has 0 spiro atoms. The maximum atomic E-state index is 10.7. The fraction of sp³-hybridized carbons (Fsp3) is 0.583. The van der Waals surface area contributed by atoms with Gasteiger partial charge >= 0.3 is 5.97 Å². The summed E-state index contributed by atoms with van der Waals surface area (Å²) in [5.74, 6) is -0.444. The van der Waals surface area contributed by atoms with E-state index in [4.69, 9.17) is 14.6 Å². The van der Waals surface area contributed by atoms with Gasteiger partial charge in [-0.3, -0.25) is 0 Å². The second-order valence-electron chi connectivity index (χ2n) is 3.91. The summed E-state index contributed by atoms with van der Waals surface area (Å²) < 4.78 is 10.1. The van der Waals surface area contributed by atoms with Gasteiger partial charge in [0.25, 0.3) is 0 Å². The third kappa shape index (κ3) is 5.19. The molecule has 1 rings (SSSR count). The van der Waals surface area contributed by atoms with Crippen molar-refractivity contribution in [2.45, 2.75) is 6.42 Å². The Kier molecular flexibility index (Phi) is 6.76. The zero-order valence-corrected chi connectivity index (χ0v) is 11.2. The Hall–Kier alpha value is -1.73. The molecule has 0 bridgehead atoms. The van der Waals surface area contributed by atoms with Gasteiger partial charge < -0.3 is 19.5 Å². The molecule has 0 saturated heterocycles. The lowest BCUT2D eigenvalue weighted by atomic mass is 10.3. The van der Waals surface area contributed by atoms with E-state index < -0.39 is 5.97 Å². The summed E-state index contributed by atoms with van der Waals surface area (Å²) in [4.78, 5) is 12.7. The molecule has 19 heavy (non-hydrogen) atoms. The number of aromatic carboxylic acids is 1. The highest BCUT2D eigenvalue weighted by atomic mass is 16.5. The van der Waals surface area contributed by atoms with Gasteiger partial charge in [0, 0.05) is 33.9 Å². The van der Waals surface area contributed by atoms with Crippen LogP contribution in [0.25, 0.3) is 0 Å². The molecule has 1 aromatic heterocycles. The third-order valence-electron chi connectivity index (χ3n) is 2.54. The summed E-state index contributed by atoms with van der Waals surface area (Å²) in [7, 11) is 3.29. The molecule has 7 heteroatoms. The van der Waals surface area contributed by atoms with Crippen molar-refractivity contribution in [1.82, 2.24) is 10.2 Å². The van der Waals surface area contributed by atoms with E-state index in [1.54, 1.807) is 20.3 Å². The van der Waals surface area contributed by atoms with Crippen molar-refractivity contribution in [2.75, 3.05) is 45.4 Å². The molecule has 0 unspecified atom stereocenters. The van der Waals surface area contributed by atoms with Gasteiger partial charge in [0.15, 0.2) is 11.5 Å². The Morgan fingerprint density at radius 3 is 2.47 bits per heavy atom. The minimum absolute atomic E-state index is 0.0627. The maximum absolute atomic E-state index is 10.7. The highest BCUT2D eigenvalue weighted by molar-refractivity contribution is 5.85. The van der Waals surface area contributed by atoms with Gasteiger partial charge in [0.05, 0.1) is 6.61 Å². The fourth-order valence-corrected chi connectivity index (χ4v) is 1.55. The number of anilines is 1. The largest absolute Gasteiger partial charge is 0.476 e. The smallest absolute Gasteiger partial charge is 0.356 e. The van der Waals surface area contributed by atoms with Crippen LogP contribution in [0.1, 0.15) is 16.9 Å². The van der Waals surface area contributed by atoms with Crippen LogP contribution in [-0.2, 0) is 9.47 Å². The Balaban J connectivity index is 2.68. The fourth-order valence-electron chi connectivity index (χ4n) is 1.55. The average molecular weight is 269 g/mol. The molecule has 0 saturated carbocycles. The molecule has 0 fully saturated rings. The van der Waals surface area contributed by atoms with E-state index in [0.717, 1.165) is 13.0 Å². The third-order valence-corrected chi connectivity index (χ3v) is 2.54. The van der Waals surface area contributed by atoms with E-state index in [-0.39, 0.29) is 5.69 Å². The summed E-state index contributed by atoms with van der Waals surface area (Å²) in [6.45, 7) is 2.64. The summed E-state index contributed by atoms with van der Waals surface area (Å²) in [5.41, 5.74) is -0.0627. The second kappa shape index (κ2) is 8.39. The molecule has 0 aliphatic carbocycles. The Morgan fingerprint density at radius 2 is 1.95 bits per heavy atom. The van der Waals surface area contributed by atoms with E-state index in [9.17, 15) is 4.79 Å². The number of carboxylic acids is 1. The molecule has 0 aromatic carbocycles. The average Bonchev–Trinajstić information content (AvgIpc) is 2.43. The number of aromatic nitrogens is 2. The van der Waals surface area contributed by atoms with Gasteiger partial charge in [-0.15, -0.1) is 10.2 Å². The molecule has 1 aromatic rings. The second-order valence-corrected chi connectivity index (χ2v) is 3.91. The molecular formula is C12H19N3O4. The molecule has 0 radical (unpaired) electrons. The Morgan fingerprint density at radius 1 is 1.21 bits per heavy atom. The summed E-state index contributed by atoms with van der Waals surface area (Å²) in [6.07, 6.45) is 0.850. The van der Waals surface area contributed by atoms with Crippen LogP contribution in [0.4, 0.5) is 5.82 Å². The first-order valence-electron chi connectivity index (χ1n) is 5.99. The molecule has 0 amide bonds. The zero-order valence-electron chi connectivity index (χ0n) is 11.2. The van der Waals surface area contributed by atoms with Crippen molar-refractivity contribution in [2.24, 2.45) is 0 Å². The molecule has 0 atom stereocenters. The molecule has 7 nitrogen and oxygen atoms in total. The summed E-state index contributed by atoms with van der Waals surface area (Å²) in [5, 5.41) is 16.4. The number of rotatable bonds is 9. The minimum atomic E-state index is -1.08. The lowest BCUT2D eigenvalue weighted by molar-refractivity contribution is 0.0689. The first-order chi connectivity index (χ1) is 9.19. The molecule has 0 aliphatic heterocycles. The van der Waals surface area contributed by atoms with E-state index in [0.29, 0.717) is 25.6 Å². The summed E-state index contributed by atoms with van der Waals surface area (Å²) >= 11 is 0. The van der Waals surface area contributed by atoms with Crippen molar-refractivity contribution in [1.29, 1.82) is 0 Å². The molecule has 106 valence electrons. The van der Waals surface area contributed by atoms with Crippen LogP contribution in [-0.4, -0.2) is 61.8 Å². The normalized spacial score (nSPS) is 10.4. The van der Waals surface area contributed by atoms with Crippen LogP contribution in [0.2, 0.25) is 0 Å². The molecular weight excluding hydrogens is 250 g/mol. The van der Waals surface area contributed by atoms with Crippen molar-refractivity contribution in [3.05, 3.63) is 17.8 Å². The van der Waals surface area contributed by atoms with E-state index in [2.05, 4.69) is 10.2 Å². The lowest BCUT2D eigenvalue weighted by Gasteiger charge is -2.22. The van der Waals surface area contributed by atoms with E-state index in [1.807, 2.05) is 4.90 Å². The van der Waals surface area contributed by atoms with Crippen LogP contribution >= 0.6 is 0 Å². The highest BCUT2D eigenvalue weighted by Gasteiger charge is 2.10. The van der Waals surface area contributed by atoms with Crippen LogP contribution in [0.5, 0.6) is 0 Å². The molecule has 1 heterocycles. The lowest BCUT2D eigenvalue weighted by Crippen LogP contribution is -2.30. The molecule has 0 aliphatic rings. The number of methoxy groups -OCH3 is 2. The monoisotopic (exact) mass is 269 g/mol. The Bertz CT molecular complexity index is 383. The van der Waals surface area contributed by atoms with Gasteiger partial charge in [0.2, 0.25) is 0 Å². The van der Waals surface area contributed by atoms with Crippen LogP contribution < -0.4 is 4.90 Å². The first kappa shape index (κ1) is 15.3. The first-order valence-corrected chi connectivity index (χ1v) is 5.99. The number of hydrogen-bond acceptors (Lipinski definition) is 6. The van der Waals surface area contributed by atoms with Crippen molar-refractivity contribution in [3.63, 3.8) is 0 Å². The quantitative estimate of drug-likeness (QED) is 0.659. The number of ether oxygens (including phenoxy) is 2. The van der Waals surface area contributed by atoms with Gasteiger partial charge in [-0.25, -0.2) is 4.79 Å². The standard InChI is InChI=1S/C12H19N3O4/c1-18-8-3-6-15(7-9-19-2)11-5-4-10(12(16)17)13-14-11/h4-5H,3,6-9H2,1-2H3,(H,16,17). The number of carboxylic acid groups (broad SMARTS) is 1. The number of hydrogen-bond donors (Lipinski definition) is 1. The number of nitrogens with zero attached hydrogens (tertiary/aromatic N) is 3. The predicted octanol–water partition coefficient (Wildman–Crippen LogP) is 0.664. The Labute approximate surface area is 112 Å². The van der Waals surface area contributed by atoms with Gasteiger partial charge in [-0.05, 0) is 18.6 Å². The molecule has 1 N–H and O–H groups in total. The van der Waals surface area contributed by atoms with Crippen LogP contribution in [0.3, 0.4) is 0 Å². The predicted molar refractivity (Wildman–Crippen MR) is 69.6 cm³/mol. The SMILES string of the molecule is COCCCN(CCOC)c1ccc(C(=O)O)nn1. The van der Waals surface area contributed by atoms with E-state index >= 15 is 0 Å². The summed E-state index contributed by atoms with van der Waals surface area (Å²) in [6, 6.07) is 3.10. The van der Waals surface area contributed by atoms with Gasteiger partial charge in [0.1, 0.15) is 0 Å². The van der Waals surface area contributed by atoms with Crippen molar-refractivity contribution < 1.29 is 19.4 Å². The zero-order chi connectivity index (χ0) is 14.1.